The van der Waals surface area contributed by atoms with Gasteiger partial charge in [0.15, 0.2) is 15.7 Å². The zero-order valence-electron chi connectivity index (χ0n) is 17.3. The van der Waals surface area contributed by atoms with E-state index in [-0.39, 0.29) is 29.8 Å². The van der Waals surface area contributed by atoms with Crippen molar-refractivity contribution in [1.82, 2.24) is 15.5 Å². The average Bonchev–Trinajstić information content (AvgIpc) is 3.38. The van der Waals surface area contributed by atoms with Crippen molar-refractivity contribution in [2.45, 2.75) is 56.4 Å². The van der Waals surface area contributed by atoms with E-state index in [1.54, 1.807) is 7.11 Å². The summed E-state index contributed by atoms with van der Waals surface area (Å²) >= 11 is 0. The van der Waals surface area contributed by atoms with E-state index in [0.717, 1.165) is 22.5 Å². The summed E-state index contributed by atoms with van der Waals surface area (Å²) in [5.41, 5.74) is 3.38. The molecule has 3 heterocycles. The summed E-state index contributed by atoms with van der Waals surface area (Å²) in [6.45, 7) is 4.54. The molecule has 1 unspecified atom stereocenters. The van der Waals surface area contributed by atoms with Gasteiger partial charge in [-0.25, -0.2) is 8.42 Å². The van der Waals surface area contributed by atoms with Crippen molar-refractivity contribution < 1.29 is 22.6 Å². The Morgan fingerprint density at radius 3 is 2.80 bits per heavy atom. The summed E-state index contributed by atoms with van der Waals surface area (Å²) in [5, 5.41) is 13.7. The number of methoxy groups -OCH3 is 1. The molecule has 0 spiro atoms. The van der Waals surface area contributed by atoms with Crippen LogP contribution in [0.1, 0.15) is 43.2 Å². The Morgan fingerprint density at radius 2 is 2.03 bits per heavy atom. The second-order valence-electron chi connectivity index (χ2n) is 8.05. The summed E-state index contributed by atoms with van der Waals surface area (Å²) in [7, 11) is -1.41. The third-order valence-corrected chi connectivity index (χ3v) is 6.64. The molecule has 1 aromatic carbocycles. The molecular formula is C20H28N4O5S. The summed E-state index contributed by atoms with van der Waals surface area (Å²) < 4.78 is 40.7. The fourth-order valence-electron chi connectivity index (χ4n) is 3.74. The van der Waals surface area contributed by atoms with Gasteiger partial charge in [0, 0.05) is 31.3 Å². The minimum Gasteiger partial charge on any atom is -0.369 e. The minimum atomic E-state index is -3.02. The molecule has 2 aromatic rings. The second kappa shape index (κ2) is 8.64. The van der Waals surface area contributed by atoms with Gasteiger partial charge in [0.05, 0.1) is 29.9 Å². The van der Waals surface area contributed by atoms with Crippen LogP contribution >= 0.6 is 0 Å². The Bertz CT molecular complexity index is 991. The first kappa shape index (κ1) is 21.3. The van der Waals surface area contributed by atoms with Crippen LogP contribution in [0.2, 0.25) is 0 Å². The summed E-state index contributed by atoms with van der Waals surface area (Å²) in [6.07, 6.45) is 0.00198. The molecule has 30 heavy (non-hydrogen) atoms. The van der Waals surface area contributed by atoms with Gasteiger partial charge in [0.1, 0.15) is 6.10 Å². The molecule has 3 N–H and O–H groups in total. The van der Waals surface area contributed by atoms with Crippen LogP contribution in [0.4, 0.5) is 11.5 Å². The number of hydrogen-bond donors (Lipinski definition) is 3. The number of aromatic nitrogens is 2. The van der Waals surface area contributed by atoms with Crippen molar-refractivity contribution in [2.24, 2.45) is 0 Å². The number of sulfone groups is 1. The second-order valence-corrected chi connectivity index (χ2v) is 10.1. The number of aromatic amines is 1. The molecule has 2 aliphatic heterocycles. The van der Waals surface area contributed by atoms with E-state index in [1.165, 1.54) is 0 Å². The molecule has 3 atom stereocenters. The maximum absolute atomic E-state index is 11.8. The van der Waals surface area contributed by atoms with Crippen LogP contribution in [-0.2, 0) is 35.6 Å². The number of anilines is 2. The highest BCUT2D eigenvalue weighted by Gasteiger charge is 2.31. The monoisotopic (exact) mass is 436 g/mol. The molecule has 2 aliphatic rings. The average molecular weight is 437 g/mol. The SMILES string of the molecule is COC(NC(C)C)O[C@H]1CO[C@@H](c2cc(Nc3ccc4c(c3)CS(=O)(=O)C4)n[nH]2)C1. The van der Waals surface area contributed by atoms with Crippen LogP contribution in [0.15, 0.2) is 24.3 Å². The van der Waals surface area contributed by atoms with Crippen LogP contribution in [-0.4, -0.2) is 50.9 Å². The number of fused-ring (bicyclic) bond motifs is 1. The van der Waals surface area contributed by atoms with Crippen molar-refractivity contribution >= 4 is 21.3 Å². The summed E-state index contributed by atoms with van der Waals surface area (Å²) in [5.74, 6) is 0.860. The lowest BCUT2D eigenvalue weighted by Gasteiger charge is -2.22. The maximum Gasteiger partial charge on any atom is 0.216 e. The highest BCUT2D eigenvalue weighted by Crippen LogP contribution is 2.32. The molecule has 1 fully saturated rings. The van der Waals surface area contributed by atoms with E-state index in [9.17, 15) is 8.42 Å². The van der Waals surface area contributed by atoms with Crippen molar-refractivity contribution in [3.05, 3.63) is 41.1 Å². The van der Waals surface area contributed by atoms with Crippen molar-refractivity contribution in [3.63, 3.8) is 0 Å². The number of H-pyrrole nitrogens is 1. The minimum absolute atomic E-state index is 0.0791. The fraction of sp³-hybridized carbons (Fsp3) is 0.550. The third kappa shape index (κ3) is 5.01. The molecule has 164 valence electrons. The van der Waals surface area contributed by atoms with Crippen LogP contribution in [0, 0.1) is 0 Å². The Labute approximate surface area is 176 Å². The topological polar surface area (TPSA) is 115 Å². The van der Waals surface area contributed by atoms with E-state index in [0.29, 0.717) is 18.8 Å². The molecule has 0 amide bonds. The summed E-state index contributed by atoms with van der Waals surface area (Å²) in [6, 6.07) is 7.74. The van der Waals surface area contributed by atoms with Gasteiger partial charge in [0.2, 0.25) is 6.41 Å². The first-order valence-electron chi connectivity index (χ1n) is 10.0. The highest BCUT2D eigenvalue weighted by molar-refractivity contribution is 7.90. The fourth-order valence-corrected chi connectivity index (χ4v) is 5.34. The number of ether oxygens (including phenoxy) is 3. The quantitative estimate of drug-likeness (QED) is 0.540. The van der Waals surface area contributed by atoms with Gasteiger partial charge in [-0.05, 0) is 37.1 Å². The van der Waals surface area contributed by atoms with Gasteiger partial charge in [-0.3, -0.25) is 10.4 Å². The van der Waals surface area contributed by atoms with Gasteiger partial charge in [-0.15, -0.1) is 0 Å². The van der Waals surface area contributed by atoms with Crippen LogP contribution in [0.25, 0.3) is 0 Å². The molecule has 0 radical (unpaired) electrons. The van der Waals surface area contributed by atoms with Crippen molar-refractivity contribution in [3.8, 4) is 0 Å². The third-order valence-electron chi connectivity index (χ3n) is 5.13. The van der Waals surface area contributed by atoms with E-state index >= 15 is 0 Å². The normalized spacial score (nSPS) is 23.6. The Balaban J connectivity index is 1.35. The van der Waals surface area contributed by atoms with Crippen LogP contribution in [0.3, 0.4) is 0 Å². The predicted molar refractivity (Wildman–Crippen MR) is 112 cm³/mol. The number of hydrogen-bond acceptors (Lipinski definition) is 8. The van der Waals surface area contributed by atoms with Gasteiger partial charge in [-0.1, -0.05) is 6.07 Å². The van der Waals surface area contributed by atoms with Crippen molar-refractivity contribution in [1.29, 1.82) is 0 Å². The van der Waals surface area contributed by atoms with Gasteiger partial charge in [0.25, 0.3) is 0 Å². The Morgan fingerprint density at radius 1 is 1.23 bits per heavy atom. The first-order chi connectivity index (χ1) is 14.3. The lowest BCUT2D eigenvalue weighted by atomic mass is 10.1. The van der Waals surface area contributed by atoms with Gasteiger partial charge < -0.3 is 19.5 Å². The maximum atomic E-state index is 11.8. The molecule has 1 aromatic heterocycles. The molecule has 10 heteroatoms. The molecule has 1 saturated heterocycles. The van der Waals surface area contributed by atoms with E-state index in [1.807, 2.05) is 38.1 Å². The number of nitrogens with one attached hydrogen (secondary N) is 3. The van der Waals surface area contributed by atoms with Crippen LogP contribution in [0.5, 0.6) is 0 Å². The number of rotatable bonds is 8. The summed E-state index contributed by atoms with van der Waals surface area (Å²) in [4.78, 5) is 0. The van der Waals surface area contributed by atoms with Crippen LogP contribution < -0.4 is 10.6 Å². The smallest absolute Gasteiger partial charge is 0.216 e. The molecule has 0 aliphatic carbocycles. The molecule has 0 bridgehead atoms. The molecule has 4 rings (SSSR count). The zero-order chi connectivity index (χ0) is 21.3. The van der Waals surface area contributed by atoms with Crippen molar-refractivity contribution in [2.75, 3.05) is 19.0 Å². The molecule has 0 saturated carbocycles. The van der Waals surface area contributed by atoms with E-state index in [4.69, 9.17) is 14.2 Å². The number of nitrogens with zero attached hydrogens (tertiary/aromatic N) is 1. The zero-order valence-corrected chi connectivity index (χ0v) is 18.2. The highest BCUT2D eigenvalue weighted by atomic mass is 32.2. The standard InChI is InChI=1S/C20H28N4O5S/c1-12(2)21-20(27-3)29-16-7-18(28-9-16)17-8-19(24-23-17)22-15-5-4-13-10-30(25,26)11-14(13)6-15/h4-6,8,12,16,18,20-21H,7,9-11H2,1-3H3,(H2,22,23,24)/t16-,18-,20?/m1/s1. The Hall–Kier alpha value is -1.98. The lowest BCUT2D eigenvalue weighted by molar-refractivity contribution is -0.174. The largest absolute Gasteiger partial charge is 0.369 e. The molecule has 9 nitrogen and oxygen atoms in total. The first-order valence-corrected chi connectivity index (χ1v) is 11.8. The van der Waals surface area contributed by atoms with E-state index in [2.05, 4.69) is 20.8 Å². The van der Waals surface area contributed by atoms with Gasteiger partial charge >= 0.3 is 0 Å². The molecular weight excluding hydrogens is 408 g/mol. The van der Waals surface area contributed by atoms with Gasteiger partial charge in [-0.2, -0.15) is 5.10 Å². The number of benzene rings is 1. The lowest BCUT2D eigenvalue weighted by Crippen LogP contribution is -2.40. The van der Waals surface area contributed by atoms with E-state index < -0.39 is 16.3 Å². The predicted octanol–water partition coefficient (Wildman–Crippen LogP) is 2.36. The Kier molecular flexibility index (Phi) is 6.12.